The van der Waals surface area contributed by atoms with Crippen LogP contribution in [0.15, 0.2) is 101 Å². The van der Waals surface area contributed by atoms with Crippen LogP contribution in [0, 0.1) is 0 Å². The fourth-order valence-corrected chi connectivity index (χ4v) is 3.91. The maximum absolute atomic E-state index is 13.0. The lowest BCUT2D eigenvalue weighted by Gasteiger charge is -2.18. The minimum Gasteiger partial charge on any atom is -0.492 e. The summed E-state index contributed by atoms with van der Waals surface area (Å²) in [7, 11) is 0. The SMILES string of the molecule is CC1=NCCN1CCOc1ccc(-n2ccn(-c3ccc(Oc4ccccc4)cc3)c2=O)cc1. The van der Waals surface area contributed by atoms with Gasteiger partial charge in [-0.1, -0.05) is 18.2 Å². The highest BCUT2D eigenvalue weighted by Gasteiger charge is 2.12. The number of aliphatic imine (C=N–C) groups is 1. The first-order valence-corrected chi connectivity index (χ1v) is 11.3. The lowest BCUT2D eigenvalue weighted by molar-refractivity contribution is 0.275. The number of imidazole rings is 1. The lowest BCUT2D eigenvalue weighted by Crippen LogP contribution is -2.30. The lowest BCUT2D eigenvalue weighted by atomic mass is 10.3. The van der Waals surface area contributed by atoms with Gasteiger partial charge in [0.25, 0.3) is 0 Å². The second-order valence-corrected chi connectivity index (χ2v) is 7.99. The number of benzene rings is 3. The summed E-state index contributed by atoms with van der Waals surface area (Å²) in [5.41, 5.74) is 1.40. The molecule has 0 fully saturated rings. The van der Waals surface area contributed by atoms with Gasteiger partial charge in [0.05, 0.1) is 30.3 Å². The smallest absolute Gasteiger partial charge is 0.337 e. The van der Waals surface area contributed by atoms with Crippen molar-refractivity contribution < 1.29 is 9.47 Å². The molecular weight excluding hydrogens is 428 g/mol. The summed E-state index contributed by atoms with van der Waals surface area (Å²) in [6.45, 7) is 5.25. The molecule has 1 aliphatic heterocycles. The van der Waals surface area contributed by atoms with Gasteiger partial charge in [-0.25, -0.2) is 4.79 Å². The van der Waals surface area contributed by atoms with E-state index in [0.717, 1.165) is 48.3 Å². The van der Waals surface area contributed by atoms with Crippen molar-refractivity contribution in [3.05, 3.63) is 102 Å². The van der Waals surface area contributed by atoms with Gasteiger partial charge in [0.2, 0.25) is 0 Å². The molecule has 0 spiro atoms. The van der Waals surface area contributed by atoms with Gasteiger partial charge >= 0.3 is 5.69 Å². The van der Waals surface area contributed by atoms with E-state index in [9.17, 15) is 4.79 Å². The Morgan fingerprint density at radius 1 is 0.794 bits per heavy atom. The van der Waals surface area contributed by atoms with Crippen LogP contribution in [0.2, 0.25) is 0 Å². The van der Waals surface area contributed by atoms with Gasteiger partial charge in [0.15, 0.2) is 0 Å². The molecular formula is C27H26N4O3. The Kier molecular flexibility index (Phi) is 6.16. The first-order chi connectivity index (χ1) is 16.7. The Balaban J connectivity index is 1.24. The molecule has 4 aromatic rings. The molecule has 5 rings (SSSR count). The molecule has 0 atom stereocenters. The number of rotatable bonds is 8. The quantitative estimate of drug-likeness (QED) is 0.392. The second-order valence-electron chi connectivity index (χ2n) is 7.99. The van der Waals surface area contributed by atoms with Gasteiger partial charge in [-0.2, -0.15) is 0 Å². The second kappa shape index (κ2) is 9.70. The molecule has 1 aliphatic rings. The Labute approximate surface area is 198 Å². The molecule has 0 saturated heterocycles. The average molecular weight is 455 g/mol. The summed E-state index contributed by atoms with van der Waals surface area (Å²) < 4.78 is 14.9. The van der Waals surface area contributed by atoms with Gasteiger partial charge in [-0.15, -0.1) is 0 Å². The first kappa shape index (κ1) is 21.6. The van der Waals surface area contributed by atoms with E-state index in [1.54, 1.807) is 21.5 Å². The van der Waals surface area contributed by atoms with Crippen LogP contribution in [-0.2, 0) is 0 Å². The summed E-state index contributed by atoms with van der Waals surface area (Å²) in [6.07, 6.45) is 3.53. The van der Waals surface area contributed by atoms with Gasteiger partial charge in [0.1, 0.15) is 23.9 Å². The molecule has 2 heterocycles. The molecule has 0 bridgehead atoms. The number of aromatic nitrogens is 2. The molecule has 0 N–H and O–H groups in total. The van der Waals surface area contributed by atoms with Crippen LogP contribution in [0.5, 0.6) is 17.2 Å². The van der Waals surface area contributed by atoms with Crippen LogP contribution >= 0.6 is 0 Å². The third-order valence-electron chi connectivity index (χ3n) is 5.78. The summed E-state index contributed by atoms with van der Waals surface area (Å²) in [4.78, 5) is 19.6. The molecule has 3 aromatic carbocycles. The molecule has 0 aliphatic carbocycles. The Morgan fingerprint density at radius 2 is 1.38 bits per heavy atom. The molecule has 7 heteroatoms. The van der Waals surface area contributed by atoms with Crippen molar-refractivity contribution in [1.82, 2.24) is 14.0 Å². The van der Waals surface area contributed by atoms with Crippen LogP contribution in [0.1, 0.15) is 6.92 Å². The molecule has 7 nitrogen and oxygen atoms in total. The zero-order valence-corrected chi connectivity index (χ0v) is 19.0. The average Bonchev–Trinajstić information content (AvgIpc) is 3.46. The topological polar surface area (TPSA) is 61.0 Å². The third kappa shape index (κ3) is 4.73. The van der Waals surface area contributed by atoms with Crippen LogP contribution in [0.25, 0.3) is 11.4 Å². The largest absolute Gasteiger partial charge is 0.492 e. The summed E-state index contributed by atoms with van der Waals surface area (Å²) in [6, 6.07) is 24.6. The van der Waals surface area contributed by atoms with Crippen molar-refractivity contribution in [2.45, 2.75) is 6.92 Å². The maximum Gasteiger partial charge on any atom is 0.337 e. The molecule has 172 valence electrons. The summed E-state index contributed by atoms with van der Waals surface area (Å²) >= 11 is 0. The number of nitrogens with zero attached hydrogens (tertiary/aromatic N) is 4. The van der Waals surface area contributed by atoms with E-state index in [2.05, 4.69) is 9.89 Å². The zero-order valence-electron chi connectivity index (χ0n) is 19.0. The van der Waals surface area contributed by atoms with Crippen LogP contribution in [0.4, 0.5) is 0 Å². The highest BCUT2D eigenvalue weighted by Crippen LogP contribution is 2.22. The zero-order chi connectivity index (χ0) is 23.3. The van der Waals surface area contributed by atoms with Crippen molar-refractivity contribution in [2.24, 2.45) is 4.99 Å². The van der Waals surface area contributed by atoms with Gasteiger partial charge in [-0.05, 0) is 67.6 Å². The normalized spacial score (nSPS) is 13.1. The van der Waals surface area contributed by atoms with E-state index in [0.29, 0.717) is 12.4 Å². The van der Waals surface area contributed by atoms with E-state index < -0.39 is 0 Å². The number of hydrogen-bond acceptors (Lipinski definition) is 5. The summed E-state index contributed by atoms with van der Waals surface area (Å²) in [5.74, 6) is 3.33. The van der Waals surface area contributed by atoms with E-state index in [4.69, 9.17) is 9.47 Å². The van der Waals surface area contributed by atoms with Crippen LogP contribution < -0.4 is 15.2 Å². The minimum atomic E-state index is -0.144. The third-order valence-corrected chi connectivity index (χ3v) is 5.78. The van der Waals surface area contributed by atoms with E-state index in [-0.39, 0.29) is 5.69 Å². The first-order valence-electron chi connectivity index (χ1n) is 11.3. The number of ether oxygens (including phenoxy) is 2. The molecule has 34 heavy (non-hydrogen) atoms. The van der Waals surface area contributed by atoms with Crippen LogP contribution in [-0.4, -0.2) is 46.1 Å². The predicted octanol–water partition coefficient (Wildman–Crippen LogP) is 4.53. The van der Waals surface area contributed by atoms with Crippen molar-refractivity contribution in [3.63, 3.8) is 0 Å². The maximum atomic E-state index is 13.0. The van der Waals surface area contributed by atoms with Crippen LogP contribution in [0.3, 0.4) is 0 Å². The van der Waals surface area contributed by atoms with E-state index in [1.807, 2.05) is 85.8 Å². The van der Waals surface area contributed by atoms with Gasteiger partial charge in [-0.3, -0.25) is 14.1 Å². The molecule has 0 radical (unpaired) electrons. The van der Waals surface area contributed by atoms with E-state index >= 15 is 0 Å². The Hall–Kier alpha value is -4.26. The van der Waals surface area contributed by atoms with Crippen molar-refractivity contribution >= 4 is 5.84 Å². The molecule has 0 amide bonds. The highest BCUT2D eigenvalue weighted by molar-refractivity contribution is 5.81. The Morgan fingerprint density at radius 3 is 1.97 bits per heavy atom. The highest BCUT2D eigenvalue weighted by atomic mass is 16.5. The predicted molar refractivity (Wildman–Crippen MR) is 133 cm³/mol. The monoisotopic (exact) mass is 454 g/mol. The fourth-order valence-electron chi connectivity index (χ4n) is 3.91. The van der Waals surface area contributed by atoms with Crippen molar-refractivity contribution in [1.29, 1.82) is 0 Å². The van der Waals surface area contributed by atoms with Gasteiger partial charge < -0.3 is 14.4 Å². The molecule has 0 unspecified atom stereocenters. The number of amidine groups is 1. The summed E-state index contributed by atoms with van der Waals surface area (Å²) in [5, 5.41) is 0. The molecule has 1 aromatic heterocycles. The minimum absolute atomic E-state index is 0.144. The Bertz CT molecular complexity index is 1320. The molecule has 0 saturated carbocycles. The van der Waals surface area contributed by atoms with E-state index in [1.165, 1.54) is 0 Å². The van der Waals surface area contributed by atoms with Crippen molar-refractivity contribution in [3.8, 4) is 28.6 Å². The van der Waals surface area contributed by atoms with Gasteiger partial charge in [0, 0.05) is 18.9 Å². The fraction of sp³-hybridized carbons (Fsp3) is 0.185. The van der Waals surface area contributed by atoms with Crippen molar-refractivity contribution in [2.75, 3.05) is 26.2 Å². The number of hydrogen-bond donors (Lipinski definition) is 0. The number of para-hydroxylation sites is 1. The standard InChI is InChI=1S/C27H26N4O3/c1-21-28-15-16-29(21)19-20-33-24-11-7-22(8-12-24)30-17-18-31(27(30)32)23-9-13-26(14-10-23)34-25-5-3-2-4-6-25/h2-14,17-18H,15-16,19-20H2,1H3.